The van der Waals surface area contributed by atoms with E-state index < -0.39 is 0 Å². The van der Waals surface area contributed by atoms with Gasteiger partial charge in [0.05, 0.1) is 6.10 Å². The third-order valence-electron chi connectivity index (χ3n) is 3.83. The zero-order chi connectivity index (χ0) is 13.1. The Morgan fingerprint density at radius 2 is 2.00 bits per heavy atom. The van der Waals surface area contributed by atoms with Crippen LogP contribution < -0.4 is 4.90 Å². The van der Waals surface area contributed by atoms with Crippen LogP contribution in [-0.4, -0.2) is 32.1 Å². The van der Waals surface area contributed by atoms with E-state index in [4.69, 9.17) is 4.74 Å². The SMILES string of the molecule is COC1CN(c2ccc(C(C)=O)cc2)CCC1C. The lowest BCUT2D eigenvalue weighted by atomic mass is 9.95. The number of hydrogen-bond acceptors (Lipinski definition) is 3. The summed E-state index contributed by atoms with van der Waals surface area (Å²) in [5, 5.41) is 0. The summed E-state index contributed by atoms with van der Waals surface area (Å²) in [7, 11) is 1.78. The second-order valence-corrected chi connectivity index (χ2v) is 5.09. The Hall–Kier alpha value is -1.35. The maximum atomic E-state index is 11.2. The van der Waals surface area contributed by atoms with Gasteiger partial charge in [0.2, 0.25) is 0 Å². The molecule has 0 amide bonds. The van der Waals surface area contributed by atoms with E-state index in [1.54, 1.807) is 14.0 Å². The molecule has 2 unspecified atom stereocenters. The van der Waals surface area contributed by atoms with Crippen LogP contribution in [0.4, 0.5) is 5.69 Å². The van der Waals surface area contributed by atoms with E-state index in [2.05, 4.69) is 11.8 Å². The van der Waals surface area contributed by atoms with Crippen molar-refractivity contribution in [2.24, 2.45) is 5.92 Å². The van der Waals surface area contributed by atoms with Gasteiger partial charge in [-0.2, -0.15) is 0 Å². The summed E-state index contributed by atoms with van der Waals surface area (Å²) in [4.78, 5) is 13.6. The number of anilines is 1. The summed E-state index contributed by atoms with van der Waals surface area (Å²) in [6.45, 7) is 5.82. The summed E-state index contributed by atoms with van der Waals surface area (Å²) in [6, 6.07) is 7.86. The molecular weight excluding hydrogens is 226 g/mol. The number of hydrogen-bond donors (Lipinski definition) is 0. The van der Waals surface area contributed by atoms with Crippen LogP contribution in [-0.2, 0) is 4.74 Å². The lowest BCUT2D eigenvalue weighted by Gasteiger charge is -2.37. The molecule has 0 aromatic heterocycles. The average Bonchev–Trinajstić information content (AvgIpc) is 2.39. The Morgan fingerprint density at radius 3 is 2.56 bits per heavy atom. The van der Waals surface area contributed by atoms with Crippen molar-refractivity contribution in [1.82, 2.24) is 0 Å². The summed E-state index contributed by atoms with van der Waals surface area (Å²) >= 11 is 0. The smallest absolute Gasteiger partial charge is 0.159 e. The van der Waals surface area contributed by atoms with Gasteiger partial charge < -0.3 is 9.64 Å². The number of Topliss-reactive ketones (excluding diaryl/α,β-unsaturated/α-hetero) is 1. The molecule has 2 rings (SSSR count). The molecule has 1 aromatic carbocycles. The molecule has 1 fully saturated rings. The highest BCUT2D eigenvalue weighted by molar-refractivity contribution is 5.94. The second kappa shape index (κ2) is 5.53. The number of ketones is 1. The van der Waals surface area contributed by atoms with Crippen LogP contribution in [0, 0.1) is 5.92 Å². The lowest BCUT2D eigenvalue weighted by Crippen LogP contribution is -2.43. The van der Waals surface area contributed by atoms with E-state index in [9.17, 15) is 4.79 Å². The summed E-state index contributed by atoms with van der Waals surface area (Å²) in [5.41, 5.74) is 1.95. The Bertz CT molecular complexity index is 413. The highest BCUT2D eigenvalue weighted by Gasteiger charge is 2.25. The second-order valence-electron chi connectivity index (χ2n) is 5.09. The minimum Gasteiger partial charge on any atom is -0.379 e. The molecule has 1 aliphatic heterocycles. The Labute approximate surface area is 109 Å². The number of piperidine rings is 1. The van der Waals surface area contributed by atoms with Crippen molar-refractivity contribution >= 4 is 11.5 Å². The first-order valence-corrected chi connectivity index (χ1v) is 6.50. The predicted octanol–water partition coefficient (Wildman–Crippen LogP) is 2.75. The van der Waals surface area contributed by atoms with Gasteiger partial charge in [0.25, 0.3) is 0 Å². The minimum atomic E-state index is 0.114. The van der Waals surface area contributed by atoms with Crippen molar-refractivity contribution in [3.8, 4) is 0 Å². The molecular formula is C15H21NO2. The quantitative estimate of drug-likeness (QED) is 0.769. The normalized spacial score (nSPS) is 24.1. The maximum Gasteiger partial charge on any atom is 0.159 e. The van der Waals surface area contributed by atoms with Crippen molar-refractivity contribution in [3.05, 3.63) is 29.8 Å². The molecule has 18 heavy (non-hydrogen) atoms. The number of carbonyl (C=O) groups is 1. The third kappa shape index (κ3) is 2.72. The van der Waals surface area contributed by atoms with Gasteiger partial charge in [-0.15, -0.1) is 0 Å². The van der Waals surface area contributed by atoms with Crippen LogP contribution in [0.3, 0.4) is 0 Å². The van der Waals surface area contributed by atoms with Gasteiger partial charge in [0, 0.05) is 31.5 Å². The van der Waals surface area contributed by atoms with Gasteiger partial charge in [-0.3, -0.25) is 4.79 Å². The monoisotopic (exact) mass is 247 g/mol. The van der Waals surface area contributed by atoms with Crippen LogP contribution in [0.5, 0.6) is 0 Å². The first-order valence-electron chi connectivity index (χ1n) is 6.50. The fourth-order valence-corrected chi connectivity index (χ4v) is 2.48. The first kappa shape index (κ1) is 13.1. The summed E-state index contributed by atoms with van der Waals surface area (Å²) < 4.78 is 5.52. The first-order chi connectivity index (χ1) is 8.61. The topological polar surface area (TPSA) is 29.5 Å². The number of carbonyl (C=O) groups excluding carboxylic acids is 1. The molecule has 0 bridgehead atoms. The average molecular weight is 247 g/mol. The Kier molecular flexibility index (Phi) is 4.02. The van der Waals surface area contributed by atoms with E-state index in [0.29, 0.717) is 12.0 Å². The van der Waals surface area contributed by atoms with Gasteiger partial charge in [0.1, 0.15) is 0 Å². The van der Waals surface area contributed by atoms with Crippen molar-refractivity contribution < 1.29 is 9.53 Å². The number of rotatable bonds is 3. The van der Waals surface area contributed by atoms with Crippen LogP contribution in [0.25, 0.3) is 0 Å². The van der Waals surface area contributed by atoms with Gasteiger partial charge in [-0.25, -0.2) is 0 Å². The molecule has 1 heterocycles. The van der Waals surface area contributed by atoms with E-state index >= 15 is 0 Å². The third-order valence-corrected chi connectivity index (χ3v) is 3.83. The molecule has 0 saturated carbocycles. The van der Waals surface area contributed by atoms with E-state index in [1.165, 1.54) is 5.69 Å². The van der Waals surface area contributed by atoms with Crippen LogP contribution in [0.2, 0.25) is 0 Å². The minimum absolute atomic E-state index is 0.114. The van der Waals surface area contributed by atoms with Gasteiger partial charge in [-0.05, 0) is 43.5 Å². The van der Waals surface area contributed by atoms with Crippen LogP contribution in [0.1, 0.15) is 30.6 Å². The molecule has 3 heteroatoms. The predicted molar refractivity (Wildman–Crippen MR) is 73.2 cm³/mol. The molecule has 1 aliphatic rings. The number of benzene rings is 1. The standard InChI is InChI=1S/C15H21NO2/c1-11-8-9-16(10-15(11)18-3)14-6-4-13(5-7-14)12(2)17/h4-7,11,15H,8-10H2,1-3H3. The van der Waals surface area contributed by atoms with E-state index in [0.717, 1.165) is 25.1 Å². The number of ether oxygens (including phenoxy) is 1. The van der Waals surface area contributed by atoms with Crippen molar-refractivity contribution in [2.45, 2.75) is 26.4 Å². The van der Waals surface area contributed by atoms with Crippen molar-refractivity contribution in [1.29, 1.82) is 0 Å². The van der Waals surface area contributed by atoms with Crippen LogP contribution in [0.15, 0.2) is 24.3 Å². The molecule has 1 saturated heterocycles. The van der Waals surface area contributed by atoms with E-state index in [-0.39, 0.29) is 5.78 Å². The fraction of sp³-hybridized carbons (Fsp3) is 0.533. The molecule has 3 nitrogen and oxygen atoms in total. The maximum absolute atomic E-state index is 11.2. The Morgan fingerprint density at radius 1 is 1.33 bits per heavy atom. The number of methoxy groups -OCH3 is 1. The highest BCUT2D eigenvalue weighted by Crippen LogP contribution is 2.25. The van der Waals surface area contributed by atoms with Gasteiger partial charge in [-0.1, -0.05) is 6.92 Å². The van der Waals surface area contributed by atoms with Crippen molar-refractivity contribution in [3.63, 3.8) is 0 Å². The largest absolute Gasteiger partial charge is 0.379 e. The Balaban J connectivity index is 2.09. The molecule has 98 valence electrons. The molecule has 0 radical (unpaired) electrons. The molecule has 2 atom stereocenters. The molecule has 0 N–H and O–H groups in total. The zero-order valence-electron chi connectivity index (χ0n) is 11.3. The number of nitrogens with zero attached hydrogens (tertiary/aromatic N) is 1. The van der Waals surface area contributed by atoms with Crippen LogP contribution >= 0.6 is 0 Å². The van der Waals surface area contributed by atoms with Crippen molar-refractivity contribution in [2.75, 3.05) is 25.1 Å². The zero-order valence-corrected chi connectivity index (χ0v) is 11.3. The van der Waals surface area contributed by atoms with Gasteiger partial charge >= 0.3 is 0 Å². The lowest BCUT2D eigenvalue weighted by molar-refractivity contribution is 0.0498. The molecule has 0 aliphatic carbocycles. The van der Waals surface area contributed by atoms with Gasteiger partial charge in [0.15, 0.2) is 5.78 Å². The highest BCUT2D eigenvalue weighted by atomic mass is 16.5. The fourth-order valence-electron chi connectivity index (χ4n) is 2.48. The summed E-state index contributed by atoms with van der Waals surface area (Å²) in [6.07, 6.45) is 1.44. The molecule has 0 spiro atoms. The summed E-state index contributed by atoms with van der Waals surface area (Å²) in [5.74, 6) is 0.728. The molecule has 1 aromatic rings. The van der Waals surface area contributed by atoms with E-state index in [1.807, 2.05) is 24.3 Å².